The molecule has 0 amide bonds. The molecule has 2 rings (SSSR count). The Morgan fingerprint density at radius 1 is 1.28 bits per heavy atom. The summed E-state index contributed by atoms with van der Waals surface area (Å²) in [5, 5.41) is 4.32. The smallest absolute Gasteiger partial charge is 0.261 e. The van der Waals surface area contributed by atoms with Gasteiger partial charge in [0.2, 0.25) is 0 Å². The monoisotopic (exact) mass is 254 g/mol. The van der Waals surface area contributed by atoms with Crippen LogP contribution >= 0.6 is 0 Å². The molecule has 0 bridgehead atoms. The summed E-state index contributed by atoms with van der Waals surface area (Å²) < 4.78 is 28.3. The van der Waals surface area contributed by atoms with Crippen LogP contribution in [0.5, 0.6) is 0 Å². The average molecular weight is 254 g/mol. The zero-order valence-electron chi connectivity index (χ0n) is 9.96. The number of H-pyrrole nitrogens is 1. The molecule has 0 aliphatic rings. The second-order valence-corrected chi connectivity index (χ2v) is 4.04. The van der Waals surface area contributed by atoms with Crippen molar-refractivity contribution in [3.8, 4) is 0 Å². The van der Waals surface area contributed by atoms with Crippen molar-refractivity contribution in [2.75, 3.05) is 19.8 Å². The lowest BCUT2D eigenvalue weighted by Crippen LogP contribution is -2.20. The fourth-order valence-corrected chi connectivity index (χ4v) is 1.76. The van der Waals surface area contributed by atoms with Gasteiger partial charge in [-0.1, -0.05) is 6.07 Å². The number of fused-ring (bicyclic) bond motifs is 1. The van der Waals surface area contributed by atoms with E-state index in [1.165, 1.54) is 5.39 Å². The maximum absolute atomic E-state index is 11.8. The summed E-state index contributed by atoms with van der Waals surface area (Å²) in [5.74, 6) is 0. The van der Waals surface area contributed by atoms with Crippen LogP contribution in [-0.2, 0) is 11.3 Å². The first-order valence-electron chi connectivity index (χ1n) is 5.88. The maximum atomic E-state index is 11.8. The van der Waals surface area contributed by atoms with Gasteiger partial charge < -0.3 is 15.0 Å². The second-order valence-electron chi connectivity index (χ2n) is 4.04. The van der Waals surface area contributed by atoms with E-state index in [9.17, 15) is 8.78 Å². The molecular formula is C13H16F2N2O. The average Bonchev–Trinajstić information content (AvgIpc) is 2.80. The number of alkyl halides is 2. The van der Waals surface area contributed by atoms with Crippen molar-refractivity contribution in [1.82, 2.24) is 10.3 Å². The van der Waals surface area contributed by atoms with Crippen molar-refractivity contribution in [3.05, 3.63) is 36.0 Å². The molecule has 2 aromatic rings. The topological polar surface area (TPSA) is 37.0 Å². The largest absolute Gasteiger partial charge is 0.374 e. The summed E-state index contributed by atoms with van der Waals surface area (Å²) >= 11 is 0. The van der Waals surface area contributed by atoms with E-state index in [1.54, 1.807) is 0 Å². The fourth-order valence-electron chi connectivity index (χ4n) is 1.76. The molecule has 0 radical (unpaired) electrons. The molecule has 0 aliphatic carbocycles. The van der Waals surface area contributed by atoms with Crippen molar-refractivity contribution >= 4 is 10.9 Å². The van der Waals surface area contributed by atoms with Gasteiger partial charge in [-0.15, -0.1) is 0 Å². The Balaban J connectivity index is 1.70. The predicted molar refractivity (Wildman–Crippen MR) is 66.8 cm³/mol. The van der Waals surface area contributed by atoms with Crippen molar-refractivity contribution in [2.45, 2.75) is 13.0 Å². The number of benzene rings is 1. The molecule has 18 heavy (non-hydrogen) atoms. The highest BCUT2D eigenvalue weighted by Gasteiger charge is 2.01. The first kappa shape index (κ1) is 13.0. The Labute approximate surface area is 104 Å². The summed E-state index contributed by atoms with van der Waals surface area (Å²) in [6.45, 7) is 1.09. The van der Waals surface area contributed by atoms with E-state index in [2.05, 4.69) is 16.4 Å². The molecule has 0 saturated heterocycles. The van der Waals surface area contributed by atoms with E-state index in [0.29, 0.717) is 19.7 Å². The number of aromatic nitrogens is 1. The van der Waals surface area contributed by atoms with E-state index in [4.69, 9.17) is 4.74 Å². The van der Waals surface area contributed by atoms with E-state index in [0.717, 1.165) is 11.1 Å². The Bertz CT molecular complexity index is 485. The van der Waals surface area contributed by atoms with Gasteiger partial charge in [-0.2, -0.15) is 0 Å². The quantitative estimate of drug-likeness (QED) is 0.745. The van der Waals surface area contributed by atoms with Gasteiger partial charge in [-0.25, -0.2) is 8.78 Å². The Morgan fingerprint density at radius 3 is 3.00 bits per heavy atom. The summed E-state index contributed by atoms with van der Waals surface area (Å²) in [6.07, 6.45) is -0.485. The second kappa shape index (κ2) is 6.47. The van der Waals surface area contributed by atoms with Crippen LogP contribution in [0.25, 0.3) is 10.9 Å². The molecule has 0 fully saturated rings. The van der Waals surface area contributed by atoms with Gasteiger partial charge in [0.15, 0.2) is 0 Å². The predicted octanol–water partition coefficient (Wildman–Crippen LogP) is 2.54. The molecule has 3 nitrogen and oxygen atoms in total. The molecule has 0 saturated carbocycles. The zero-order chi connectivity index (χ0) is 12.8. The van der Waals surface area contributed by atoms with Crippen LogP contribution in [0.4, 0.5) is 8.78 Å². The van der Waals surface area contributed by atoms with Crippen LogP contribution in [0.15, 0.2) is 30.5 Å². The van der Waals surface area contributed by atoms with Crippen molar-refractivity contribution in [3.63, 3.8) is 0 Å². The summed E-state index contributed by atoms with van der Waals surface area (Å²) in [4.78, 5) is 3.13. The highest BCUT2D eigenvalue weighted by atomic mass is 19.3. The van der Waals surface area contributed by atoms with Crippen molar-refractivity contribution in [1.29, 1.82) is 0 Å². The normalized spacial score (nSPS) is 11.5. The molecule has 5 heteroatoms. The lowest BCUT2D eigenvalue weighted by Gasteiger charge is -2.06. The standard InChI is InChI=1S/C13H16F2N2O/c14-13(15)9-18-6-5-16-8-10-1-2-12-11(7-10)3-4-17-12/h1-4,7,13,16-17H,5-6,8-9H2. The fraction of sp³-hybridized carbons (Fsp3) is 0.385. The van der Waals surface area contributed by atoms with E-state index < -0.39 is 13.0 Å². The summed E-state index contributed by atoms with van der Waals surface area (Å²) in [6, 6.07) is 8.18. The van der Waals surface area contributed by atoms with E-state index in [1.807, 2.05) is 24.4 Å². The van der Waals surface area contributed by atoms with Gasteiger partial charge in [0, 0.05) is 24.8 Å². The van der Waals surface area contributed by atoms with Crippen LogP contribution in [0.1, 0.15) is 5.56 Å². The van der Waals surface area contributed by atoms with Crippen LogP contribution < -0.4 is 5.32 Å². The van der Waals surface area contributed by atoms with Crippen molar-refractivity contribution < 1.29 is 13.5 Å². The minimum Gasteiger partial charge on any atom is -0.374 e. The number of halogens is 2. The van der Waals surface area contributed by atoms with E-state index >= 15 is 0 Å². The lowest BCUT2D eigenvalue weighted by atomic mass is 10.1. The highest BCUT2D eigenvalue weighted by Crippen LogP contribution is 2.13. The van der Waals surface area contributed by atoms with Gasteiger partial charge >= 0.3 is 0 Å². The van der Waals surface area contributed by atoms with Gasteiger partial charge in [0.05, 0.1) is 6.61 Å². The van der Waals surface area contributed by atoms with Crippen molar-refractivity contribution in [2.24, 2.45) is 0 Å². The molecule has 1 aromatic carbocycles. The molecule has 98 valence electrons. The minimum atomic E-state index is -2.39. The van der Waals surface area contributed by atoms with Gasteiger partial charge in [0.25, 0.3) is 6.43 Å². The minimum absolute atomic E-state index is 0.302. The SMILES string of the molecule is FC(F)COCCNCc1ccc2[nH]ccc2c1. The third-order valence-corrected chi connectivity index (χ3v) is 2.61. The molecule has 0 atom stereocenters. The molecule has 1 heterocycles. The highest BCUT2D eigenvalue weighted by molar-refractivity contribution is 5.79. The van der Waals surface area contributed by atoms with E-state index in [-0.39, 0.29) is 0 Å². The summed E-state index contributed by atoms with van der Waals surface area (Å²) in [5.41, 5.74) is 2.27. The first-order valence-corrected chi connectivity index (χ1v) is 5.88. The summed E-state index contributed by atoms with van der Waals surface area (Å²) in [7, 11) is 0. The van der Waals surface area contributed by atoms with Gasteiger partial charge in [-0.3, -0.25) is 0 Å². The molecule has 0 aliphatic heterocycles. The number of hydrogen-bond donors (Lipinski definition) is 2. The Hall–Kier alpha value is -1.46. The molecule has 1 aromatic heterocycles. The van der Waals surface area contributed by atoms with Gasteiger partial charge in [-0.05, 0) is 29.1 Å². The number of aromatic amines is 1. The maximum Gasteiger partial charge on any atom is 0.261 e. The number of hydrogen-bond acceptors (Lipinski definition) is 2. The Morgan fingerprint density at radius 2 is 2.17 bits per heavy atom. The molecule has 0 unspecified atom stereocenters. The molecule has 0 spiro atoms. The van der Waals surface area contributed by atoms with Crippen LogP contribution in [0.2, 0.25) is 0 Å². The Kier molecular flexibility index (Phi) is 4.66. The van der Waals surface area contributed by atoms with Crippen LogP contribution in [0.3, 0.4) is 0 Å². The third kappa shape index (κ3) is 3.78. The number of rotatable bonds is 7. The molecule has 2 N–H and O–H groups in total. The van der Waals surface area contributed by atoms with Crippen LogP contribution in [-0.4, -0.2) is 31.2 Å². The lowest BCUT2D eigenvalue weighted by molar-refractivity contribution is 0.0187. The zero-order valence-corrected chi connectivity index (χ0v) is 9.96. The van der Waals surface area contributed by atoms with Gasteiger partial charge in [0.1, 0.15) is 6.61 Å². The number of ether oxygens (including phenoxy) is 1. The van der Waals surface area contributed by atoms with Crippen LogP contribution in [0, 0.1) is 0 Å². The third-order valence-electron chi connectivity index (χ3n) is 2.61. The first-order chi connectivity index (χ1) is 8.75. The number of nitrogens with one attached hydrogen (secondary N) is 2. The molecular weight excluding hydrogens is 238 g/mol.